The van der Waals surface area contributed by atoms with Crippen molar-refractivity contribution < 1.29 is 63.0 Å². The molecule has 13 atom stereocenters. The average Bonchev–Trinajstić information content (AvgIpc) is 2.27. The zero-order valence-electron chi connectivity index (χ0n) is 54.3. The molecule has 1 aliphatic rings. The van der Waals surface area contributed by atoms with Crippen molar-refractivity contribution in [1.82, 2.24) is 58.5 Å². The van der Waals surface area contributed by atoms with Crippen LogP contribution < -0.4 is 87.2 Å². The number of unbranched alkanes of at least 4 members (excludes halogenated alkanes) is 8. The van der Waals surface area contributed by atoms with Gasteiger partial charge in [-0.1, -0.05) is 106 Å². The van der Waals surface area contributed by atoms with E-state index < -0.39 is 145 Å². The first-order valence-electron chi connectivity index (χ1n) is 32.4. The quantitative estimate of drug-likeness (QED) is 0.0284. The van der Waals surface area contributed by atoms with Crippen LogP contribution in [0.3, 0.4) is 0 Å². The molecule has 1 unspecified atom stereocenters. The molecule has 23 N–H and O–H groups in total. The lowest BCUT2D eigenvalue weighted by Gasteiger charge is -2.29. The Balaban J connectivity index is 3.81. The summed E-state index contributed by atoms with van der Waals surface area (Å²) in [6.45, 7) is 12.7. The number of aliphatic hydroxyl groups is 2. The van der Waals surface area contributed by atoms with Gasteiger partial charge in [0, 0.05) is 12.5 Å². The molecule has 89 heavy (non-hydrogen) atoms. The summed E-state index contributed by atoms with van der Waals surface area (Å²) < 4.78 is 0. The molecule has 29 nitrogen and oxygen atoms in total. The van der Waals surface area contributed by atoms with Crippen LogP contribution in [-0.4, -0.2) is 187 Å². The van der Waals surface area contributed by atoms with Gasteiger partial charge < -0.3 is 97.4 Å². The second kappa shape index (κ2) is 45.2. The zero-order chi connectivity index (χ0) is 67.2. The number of nitrogens with two attached hydrogens (primary N) is 5. The van der Waals surface area contributed by atoms with Crippen LogP contribution in [0, 0.1) is 17.8 Å². The van der Waals surface area contributed by atoms with Crippen molar-refractivity contribution in [2.45, 2.75) is 256 Å². The molecule has 29 heteroatoms. The lowest BCUT2D eigenvalue weighted by Crippen LogP contribution is -2.62. The van der Waals surface area contributed by atoms with E-state index in [1.54, 1.807) is 27.7 Å². The Morgan fingerprint density at radius 2 is 0.854 bits per heavy atom. The minimum atomic E-state index is -1.70. The van der Waals surface area contributed by atoms with E-state index in [1.807, 2.05) is 0 Å². The van der Waals surface area contributed by atoms with Crippen molar-refractivity contribution in [3.63, 3.8) is 0 Å². The molecule has 0 aromatic carbocycles. The Kier molecular flexibility index (Phi) is 41.1. The molecule has 11 amide bonds. The number of carbonyl (C=O) groups excluding carboxylic acids is 11. The summed E-state index contributed by atoms with van der Waals surface area (Å²) in [5.41, 5.74) is 29.5. The second-order valence-corrected chi connectivity index (χ2v) is 24.3. The first-order valence-corrected chi connectivity index (χ1v) is 32.4. The zero-order valence-corrected chi connectivity index (χ0v) is 54.3. The molecule has 512 valence electrons. The predicted molar refractivity (Wildman–Crippen MR) is 338 cm³/mol. The third kappa shape index (κ3) is 31.5. The Morgan fingerprint density at radius 1 is 0.461 bits per heavy atom. The number of aliphatic hydroxyl groups excluding tert-OH is 2. The highest BCUT2D eigenvalue weighted by molar-refractivity contribution is 5.99. The van der Waals surface area contributed by atoms with E-state index >= 15 is 0 Å². The number of nitrogens with one attached hydrogen (secondary N) is 11. The van der Waals surface area contributed by atoms with Crippen LogP contribution in [0.4, 0.5) is 0 Å². The summed E-state index contributed by atoms with van der Waals surface area (Å²) in [7, 11) is 0. The van der Waals surface area contributed by atoms with Gasteiger partial charge in [-0.2, -0.15) is 0 Å². The van der Waals surface area contributed by atoms with Crippen LogP contribution in [0.25, 0.3) is 0 Å². The number of hydrogen-bond donors (Lipinski definition) is 18. The van der Waals surface area contributed by atoms with Gasteiger partial charge in [0.25, 0.3) is 0 Å². The number of carbonyl (C=O) groups is 11. The minimum absolute atomic E-state index is 0.00641. The number of hydrogen-bond acceptors (Lipinski definition) is 18. The van der Waals surface area contributed by atoms with Crippen molar-refractivity contribution in [3.8, 4) is 0 Å². The topological polar surface area (TPSA) is 491 Å². The maximum absolute atomic E-state index is 14.5. The van der Waals surface area contributed by atoms with Gasteiger partial charge in [-0.05, 0) is 123 Å². The van der Waals surface area contributed by atoms with Gasteiger partial charge in [-0.3, -0.25) is 52.7 Å². The highest BCUT2D eigenvalue weighted by atomic mass is 16.3. The molecule has 0 aliphatic carbocycles. The molecular formula is C60H114N16O13. The van der Waals surface area contributed by atoms with Crippen molar-refractivity contribution in [2.24, 2.45) is 46.4 Å². The van der Waals surface area contributed by atoms with Crippen molar-refractivity contribution in [3.05, 3.63) is 0 Å². The molecule has 0 bridgehead atoms. The fraction of sp³-hybridized carbons (Fsp3) is 0.817. The standard InChI is InChI=1S/C60H114N16O13/c1-9-11-13-15-16-18-20-39(19-17-14-12-10-2)50(79)67-43(24-30-64)55(84)76-49(38(8)78)60(89)72-42(23-29-63)52(81)71-45-26-32-66-59(88)48(37(7)77)75-56(85)44(25-31-65)69-51(80)40(21-27-61)70-57(86)46(33-35(3)4)74-58(87)47(34-36(5)6)73-53(82)41(22-28-62)68-54(45)83/h35-49,77-78H,9-34,61-65H2,1-8H3,(H,66,88)(H,67,79)(H,68,83)(H,69,80)(H,70,86)(H,71,81)(H,72,89)(H,73,82)(H,74,87)(H,75,85)(H,76,84)/t37-,38-,39?,40+,41+,42+,43+,44+,45+,46+,47-,48+,49+/m1/s1. The molecule has 0 saturated carbocycles. The molecule has 1 rings (SSSR count). The molecule has 1 heterocycles. The fourth-order valence-electron chi connectivity index (χ4n) is 10.2. The summed E-state index contributed by atoms with van der Waals surface area (Å²) in [6.07, 6.45) is 7.08. The van der Waals surface area contributed by atoms with Crippen molar-refractivity contribution in [2.75, 3.05) is 39.3 Å². The van der Waals surface area contributed by atoms with E-state index in [9.17, 15) is 63.0 Å². The largest absolute Gasteiger partial charge is 0.391 e. The van der Waals surface area contributed by atoms with Gasteiger partial charge in [0.2, 0.25) is 65.0 Å². The van der Waals surface area contributed by atoms with Crippen LogP contribution >= 0.6 is 0 Å². The lowest BCUT2D eigenvalue weighted by atomic mass is 9.93. The molecule has 1 fully saturated rings. The predicted octanol–water partition coefficient (Wildman–Crippen LogP) is -2.71. The van der Waals surface area contributed by atoms with Crippen LogP contribution in [0.2, 0.25) is 0 Å². The van der Waals surface area contributed by atoms with Gasteiger partial charge >= 0.3 is 0 Å². The Labute approximate surface area is 526 Å². The first-order chi connectivity index (χ1) is 42.2. The van der Waals surface area contributed by atoms with E-state index in [-0.39, 0.29) is 101 Å². The SMILES string of the molecule is CCCCCCCCC(CCCCCC)C(=O)N[C@@H](CCN)C(=O)N[C@H](C(=O)N[C@@H](CCN)C(=O)N[C@H]1CCNC(=O)[C@H]([C@@H](C)O)NC(=O)[C@H](CCN)NC(=O)[C@H](CCN)NC(=O)[C@H](CC(C)C)NC(=O)[C@@H](CC(C)C)NC(=O)[C@H](CCN)NC1=O)[C@@H](C)O. The van der Waals surface area contributed by atoms with Crippen LogP contribution in [-0.2, 0) is 52.7 Å². The second-order valence-electron chi connectivity index (χ2n) is 24.3. The molecule has 0 aromatic heterocycles. The maximum Gasteiger partial charge on any atom is 0.245 e. The molecule has 1 saturated heterocycles. The Bertz CT molecular complexity index is 2190. The molecule has 0 radical (unpaired) electrons. The first kappa shape index (κ1) is 80.9. The maximum atomic E-state index is 14.5. The van der Waals surface area contributed by atoms with Gasteiger partial charge in [0.15, 0.2) is 0 Å². The highest BCUT2D eigenvalue weighted by Crippen LogP contribution is 2.20. The van der Waals surface area contributed by atoms with Gasteiger partial charge in [0.05, 0.1) is 12.2 Å². The summed E-state index contributed by atoms with van der Waals surface area (Å²) in [5.74, 6) is -10.2. The summed E-state index contributed by atoms with van der Waals surface area (Å²) in [5, 5.41) is 50.2. The van der Waals surface area contributed by atoms with Gasteiger partial charge in [-0.25, -0.2) is 0 Å². The van der Waals surface area contributed by atoms with Crippen LogP contribution in [0.1, 0.15) is 184 Å². The summed E-state index contributed by atoms with van der Waals surface area (Å²) >= 11 is 0. The van der Waals surface area contributed by atoms with Crippen LogP contribution in [0.5, 0.6) is 0 Å². The normalized spacial score (nSPS) is 22.5. The van der Waals surface area contributed by atoms with E-state index in [0.717, 1.165) is 64.2 Å². The van der Waals surface area contributed by atoms with E-state index in [1.165, 1.54) is 13.8 Å². The molecule has 0 aromatic rings. The van der Waals surface area contributed by atoms with Crippen molar-refractivity contribution >= 4 is 65.0 Å². The third-order valence-electron chi connectivity index (χ3n) is 15.3. The number of amides is 11. The Morgan fingerprint density at radius 3 is 1.28 bits per heavy atom. The lowest BCUT2D eigenvalue weighted by molar-refractivity contribution is -0.137. The molecule has 0 spiro atoms. The van der Waals surface area contributed by atoms with Crippen molar-refractivity contribution in [1.29, 1.82) is 0 Å². The summed E-state index contributed by atoms with van der Waals surface area (Å²) in [6, 6.07) is -14.5. The van der Waals surface area contributed by atoms with Crippen LogP contribution in [0.15, 0.2) is 0 Å². The van der Waals surface area contributed by atoms with Gasteiger partial charge in [-0.15, -0.1) is 0 Å². The highest BCUT2D eigenvalue weighted by Gasteiger charge is 2.38. The van der Waals surface area contributed by atoms with E-state index in [0.29, 0.717) is 12.8 Å². The molecular weight excluding hydrogens is 1150 g/mol. The summed E-state index contributed by atoms with van der Waals surface area (Å²) in [4.78, 5) is 155. The average molecular weight is 1270 g/mol. The minimum Gasteiger partial charge on any atom is -0.391 e. The van der Waals surface area contributed by atoms with E-state index in [4.69, 9.17) is 28.7 Å². The smallest absolute Gasteiger partial charge is 0.245 e. The Hall–Kier alpha value is -6.11. The molecule has 1 aliphatic heterocycles. The monoisotopic (exact) mass is 1270 g/mol. The third-order valence-corrected chi connectivity index (χ3v) is 15.3. The van der Waals surface area contributed by atoms with E-state index in [2.05, 4.69) is 72.3 Å². The fourth-order valence-corrected chi connectivity index (χ4v) is 10.2. The van der Waals surface area contributed by atoms with Gasteiger partial charge in [0.1, 0.15) is 60.4 Å². The number of rotatable bonds is 36.